The predicted molar refractivity (Wildman–Crippen MR) is 122 cm³/mol. The Kier molecular flexibility index (Phi) is 6.65. The molecule has 1 aromatic heterocycles. The van der Waals surface area contributed by atoms with Gasteiger partial charge in [0.25, 0.3) is 5.91 Å². The number of nitrogens with zero attached hydrogens (tertiary/aromatic N) is 5. The molecule has 0 radical (unpaired) electrons. The van der Waals surface area contributed by atoms with Crippen LogP contribution in [0.1, 0.15) is 23.7 Å². The molecule has 3 heterocycles. The second kappa shape index (κ2) is 9.58. The minimum absolute atomic E-state index is 0.134. The summed E-state index contributed by atoms with van der Waals surface area (Å²) in [4.78, 5) is 26.8. The van der Waals surface area contributed by atoms with E-state index in [0.717, 1.165) is 87.8 Å². The average molecular weight is 408 g/mol. The van der Waals surface area contributed by atoms with Gasteiger partial charge in [-0.2, -0.15) is 0 Å². The van der Waals surface area contributed by atoms with Gasteiger partial charge in [0.05, 0.1) is 0 Å². The predicted octanol–water partition coefficient (Wildman–Crippen LogP) is 2.67. The normalized spacial score (nSPS) is 18.6. The number of hydrogen-bond acceptors (Lipinski definition) is 5. The number of benzene rings is 1. The van der Waals surface area contributed by atoms with Crippen molar-refractivity contribution in [1.29, 1.82) is 0 Å². The number of rotatable bonds is 5. The largest absolute Gasteiger partial charge is 0.354 e. The van der Waals surface area contributed by atoms with E-state index in [4.69, 9.17) is 4.98 Å². The average Bonchev–Trinajstić information content (AvgIpc) is 2.80. The van der Waals surface area contributed by atoms with Crippen molar-refractivity contribution in [1.82, 2.24) is 19.7 Å². The molecule has 2 aliphatic rings. The van der Waals surface area contributed by atoms with Gasteiger partial charge in [0.15, 0.2) is 0 Å². The maximum absolute atomic E-state index is 13.0. The van der Waals surface area contributed by atoms with Crippen molar-refractivity contribution in [2.24, 2.45) is 0 Å². The lowest BCUT2D eigenvalue weighted by atomic mass is 10.0. The Bertz CT molecular complexity index is 837. The summed E-state index contributed by atoms with van der Waals surface area (Å²) in [6, 6.07) is 12.2. The summed E-state index contributed by atoms with van der Waals surface area (Å²) in [5, 5.41) is 0. The highest BCUT2D eigenvalue weighted by Crippen LogP contribution is 2.23. The Balaban J connectivity index is 1.42. The molecule has 2 aliphatic heterocycles. The highest BCUT2D eigenvalue weighted by Gasteiger charge is 2.22. The zero-order valence-electron chi connectivity index (χ0n) is 18.3. The molecule has 6 nitrogen and oxygen atoms in total. The number of carbonyl (C=O) groups is 1. The lowest BCUT2D eigenvalue weighted by Crippen LogP contribution is -2.48. The Labute approximate surface area is 180 Å². The van der Waals surface area contributed by atoms with Gasteiger partial charge < -0.3 is 14.7 Å². The lowest BCUT2D eigenvalue weighted by Gasteiger charge is -2.34. The molecule has 1 aromatic carbocycles. The number of aromatic nitrogens is 1. The van der Waals surface area contributed by atoms with E-state index >= 15 is 0 Å². The maximum atomic E-state index is 13.0. The molecule has 2 fully saturated rings. The lowest BCUT2D eigenvalue weighted by molar-refractivity contribution is 0.0637. The van der Waals surface area contributed by atoms with Gasteiger partial charge in [0.1, 0.15) is 5.82 Å². The summed E-state index contributed by atoms with van der Waals surface area (Å²) in [5.41, 5.74) is 2.86. The van der Waals surface area contributed by atoms with Gasteiger partial charge in [-0.1, -0.05) is 19.1 Å². The summed E-state index contributed by atoms with van der Waals surface area (Å²) in [6.45, 7) is 11.0. The SMILES string of the molecule is CCCN1CCN(C(=O)c2cccc(-c3ccc(N4CCN(C)CC4)nc3)c2)CC1. The molecule has 30 heavy (non-hydrogen) atoms. The Morgan fingerprint density at radius 2 is 1.70 bits per heavy atom. The van der Waals surface area contributed by atoms with E-state index in [2.05, 4.69) is 46.9 Å². The Morgan fingerprint density at radius 1 is 0.933 bits per heavy atom. The summed E-state index contributed by atoms with van der Waals surface area (Å²) >= 11 is 0. The molecule has 0 N–H and O–H groups in total. The smallest absolute Gasteiger partial charge is 0.253 e. The van der Waals surface area contributed by atoms with Crippen LogP contribution in [0.2, 0.25) is 0 Å². The second-order valence-corrected chi connectivity index (χ2v) is 8.41. The molecule has 2 aromatic rings. The van der Waals surface area contributed by atoms with E-state index in [1.165, 1.54) is 0 Å². The molecule has 160 valence electrons. The summed E-state index contributed by atoms with van der Waals surface area (Å²) in [7, 11) is 2.16. The van der Waals surface area contributed by atoms with Crippen LogP contribution in [0.25, 0.3) is 11.1 Å². The molecule has 0 unspecified atom stereocenters. The minimum atomic E-state index is 0.134. The zero-order valence-corrected chi connectivity index (χ0v) is 18.3. The van der Waals surface area contributed by atoms with Crippen LogP contribution in [-0.2, 0) is 0 Å². The first-order chi connectivity index (χ1) is 14.6. The van der Waals surface area contributed by atoms with Gasteiger partial charge in [0, 0.05) is 69.7 Å². The van der Waals surface area contributed by atoms with Crippen LogP contribution in [0.4, 0.5) is 5.82 Å². The number of amides is 1. The van der Waals surface area contributed by atoms with Gasteiger partial charge in [-0.25, -0.2) is 4.98 Å². The molecule has 0 atom stereocenters. The van der Waals surface area contributed by atoms with E-state index in [0.29, 0.717) is 0 Å². The second-order valence-electron chi connectivity index (χ2n) is 8.41. The molecule has 0 aliphatic carbocycles. The van der Waals surface area contributed by atoms with Gasteiger partial charge >= 0.3 is 0 Å². The summed E-state index contributed by atoms with van der Waals surface area (Å²) in [6.07, 6.45) is 3.10. The highest BCUT2D eigenvalue weighted by atomic mass is 16.2. The highest BCUT2D eigenvalue weighted by molar-refractivity contribution is 5.95. The molecule has 1 amide bonds. The van der Waals surface area contributed by atoms with Crippen LogP contribution in [0.15, 0.2) is 42.6 Å². The first-order valence-corrected chi connectivity index (χ1v) is 11.2. The van der Waals surface area contributed by atoms with Crippen LogP contribution in [-0.4, -0.2) is 91.5 Å². The number of likely N-dealkylation sites (N-methyl/N-ethyl adjacent to an activating group) is 1. The van der Waals surface area contributed by atoms with E-state index < -0.39 is 0 Å². The summed E-state index contributed by atoms with van der Waals surface area (Å²) < 4.78 is 0. The molecule has 0 spiro atoms. The van der Waals surface area contributed by atoms with Crippen LogP contribution in [0, 0.1) is 0 Å². The quantitative estimate of drug-likeness (QED) is 0.762. The Morgan fingerprint density at radius 3 is 2.37 bits per heavy atom. The van der Waals surface area contributed by atoms with Gasteiger partial charge in [-0.15, -0.1) is 0 Å². The van der Waals surface area contributed by atoms with Crippen LogP contribution < -0.4 is 4.90 Å². The fourth-order valence-electron chi connectivity index (χ4n) is 4.28. The molecule has 2 saturated heterocycles. The molecule has 0 bridgehead atoms. The van der Waals surface area contributed by atoms with Crippen molar-refractivity contribution in [2.45, 2.75) is 13.3 Å². The van der Waals surface area contributed by atoms with Crippen LogP contribution in [0.3, 0.4) is 0 Å². The first-order valence-electron chi connectivity index (χ1n) is 11.2. The minimum Gasteiger partial charge on any atom is -0.354 e. The van der Waals surface area contributed by atoms with Crippen molar-refractivity contribution in [2.75, 3.05) is 70.9 Å². The van der Waals surface area contributed by atoms with Crippen molar-refractivity contribution in [3.8, 4) is 11.1 Å². The molecule has 0 saturated carbocycles. The van der Waals surface area contributed by atoms with Gasteiger partial charge in [-0.05, 0) is 49.8 Å². The molecule has 4 rings (SSSR count). The third-order valence-electron chi connectivity index (χ3n) is 6.22. The third kappa shape index (κ3) is 4.82. The maximum Gasteiger partial charge on any atom is 0.253 e. The topological polar surface area (TPSA) is 42.9 Å². The number of piperazine rings is 2. The number of carbonyl (C=O) groups excluding carboxylic acids is 1. The van der Waals surface area contributed by atoms with E-state index in [1.54, 1.807) is 0 Å². The van der Waals surface area contributed by atoms with Gasteiger partial charge in [-0.3, -0.25) is 9.69 Å². The molecule has 6 heteroatoms. The standard InChI is InChI=1S/C24H33N5O/c1-3-9-27-12-16-29(17-13-27)24(30)21-6-4-5-20(18-21)22-7-8-23(25-19-22)28-14-10-26(2)11-15-28/h4-8,18-19H,3,9-17H2,1-2H3. The van der Waals surface area contributed by atoms with Crippen molar-refractivity contribution < 1.29 is 4.79 Å². The molecular formula is C24H33N5O. The van der Waals surface area contributed by atoms with E-state index in [1.807, 2.05) is 29.3 Å². The number of pyridine rings is 1. The summed E-state index contributed by atoms with van der Waals surface area (Å²) in [5.74, 6) is 1.17. The van der Waals surface area contributed by atoms with Crippen molar-refractivity contribution >= 4 is 11.7 Å². The number of anilines is 1. The Hall–Kier alpha value is -2.44. The van der Waals surface area contributed by atoms with E-state index in [-0.39, 0.29) is 5.91 Å². The van der Waals surface area contributed by atoms with Crippen molar-refractivity contribution in [3.63, 3.8) is 0 Å². The van der Waals surface area contributed by atoms with Crippen LogP contribution in [0.5, 0.6) is 0 Å². The van der Waals surface area contributed by atoms with Crippen LogP contribution >= 0.6 is 0 Å². The fraction of sp³-hybridized carbons (Fsp3) is 0.500. The van der Waals surface area contributed by atoms with E-state index in [9.17, 15) is 4.79 Å². The van der Waals surface area contributed by atoms with Gasteiger partial charge in [0.2, 0.25) is 0 Å². The monoisotopic (exact) mass is 407 g/mol. The first kappa shape index (κ1) is 20.8. The molecular weight excluding hydrogens is 374 g/mol. The fourth-order valence-corrected chi connectivity index (χ4v) is 4.28. The number of hydrogen-bond donors (Lipinski definition) is 0. The van der Waals surface area contributed by atoms with Crippen molar-refractivity contribution in [3.05, 3.63) is 48.2 Å². The zero-order chi connectivity index (χ0) is 20.9. The third-order valence-corrected chi connectivity index (χ3v) is 6.22.